The molecule has 5 heteroatoms. The molecule has 3 heterocycles. The zero-order valence-electron chi connectivity index (χ0n) is 11.9. The Hall–Kier alpha value is -1.62. The van der Waals surface area contributed by atoms with E-state index in [1.807, 2.05) is 11.8 Å². The highest BCUT2D eigenvalue weighted by molar-refractivity contribution is 5.94. The van der Waals surface area contributed by atoms with Gasteiger partial charge >= 0.3 is 0 Å². The minimum absolute atomic E-state index is 0.132. The van der Waals surface area contributed by atoms with Crippen molar-refractivity contribution in [2.24, 2.45) is 0 Å². The third-order valence-corrected chi connectivity index (χ3v) is 4.40. The molecule has 5 nitrogen and oxygen atoms in total. The van der Waals surface area contributed by atoms with Crippen LogP contribution in [0.5, 0.6) is 0 Å². The number of aromatic nitrogens is 1. The first-order valence-corrected chi connectivity index (χ1v) is 7.38. The van der Waals surface area contributed by atoms with Crippen LogP contribution in [0.1, 0.15) is 35.3 Å². The van der Waals surface area contributed by atoms with Crippen LogP contribution >= 0.6 is 0 Å². The molecule has 2 aliphatic heterocycles. The van der Waals surface area contributed by atoms with Gasteiger partial charge in [0.1, 0.15) is 5.56 Å². The third-order valence-electron chi connectivity index (χ3n) is 4.40. The standard InChI is InChI=1S/C15H21N3O2/c1-11-8-14(19)13(9-16-11)15(20)18-7-4-12(10-18)17-5-2-3-6-17/h8-9,12H,2-7,10H2,1H3,(H,16,19). The molecule has 1 N–H and O–H groups in total. The number of hydrogen-bond donors (Lipinski definition) is 1. The Morgan fingerprint density at radius 2 is 2.05 bits per heavy atom. The summed E-state index contributed by atoms with van der Waals surface area (Å²) >= 11 is 0. The van der Waals surface area contributed by atoms with Crippen molar-refractivity contribution in [2.45, 2.75) is 32.2 Å². The predicted octanol–water partition coefficient (Wildman–Crippen LogP) is 0.994. The Bertz CT molecular complexity index is 560. The summed E-state index contributed by atoms with van der Waals surface area (Å²) in [5, 5.41) is 0. The summed E-state index contributed by atoms with van der Waals surface area (Å²) < 4.78 is 0. The fourth-order valence-electron chi connectivity index (χ4n) is 3.24. The molecule has 0 aliphatic carbocycles. The number of carbonyl (C=O) groups is 1. The summed E-state index contributed by atoms with van der Waals surface area (Å²) in [6.45, 7) is 5.63. The van der Waals surface area contributed by atoms with E-state index >= 15 is 0 Å². The second-order valence-electron chi connectivity index (χ2n) is 5.83. The zero-order chi connectivity index (χ0) is 14.1. The first-order valence-electron chi connectivity index (χ1n) is 7.38. The van der Waals surface area contributed by atoms with E-state index in [1.165, 1.54) is 18.9 Å². The Morgan fingerprint density at radius 3 is 2.75 bits per heavy atom. The number of H-pyrrole nitrogens is 1. The number of likely N-dealkylation sites (tertiary alicyclic amines) is 2. The lowest BCUT2D eigenvalue weighted by Gasteiger charge is -2.23. The van der Waals surface area contributed by atoms with Crippen molar-refractivity contribution in [1.82, 2.24) is 14.8 Å². The fraction of sp³-hybridized carbons (Fsp3) is 0.600. The van der Waals surface area contributed by atoms with Crippen LogP contribution in [0, 0.1) is 6.92 Å². The van der Waals surface area contributed by atoms with Crippen molar-refractivity contribution in [2.75, 3.05) is 26.2 Å². The highest BCUT2D eigenvalue weighted by atomic mass is 16.2. The molecule has 2 aliphatic rings. The molecule has 1 aromatic heterocycles. The van der Waals surface area contributed by atoms with Gasteiger partial charge in [0.25, 0.3) is 5.91 Å². The second-order valence-corrected chi connectivity index (χ2v) is 5.83. The van der Waals surface area contributed by atoms with Crippen LogP contribution in [0.3, 0.4) is 0 Å². The summed E-state index contributed by atoms with van der Waals surface area (Å²) in [6.07, 6.45) is 5.10. The molecule has 0 spiro atoms. The van der Waals surface area contributed by atoms with Crippen LogP contribution in [0.4, 0.5) is 0 Å². The van der Waals surface area contributed by atoms with E-state index in [0.717, 1.165) is 38.3 Å². The van der Waals surface area contributed by atoms with Crippen LogP contribution in [-0.2, 0) is 0 Å². The maximum absolute atomic E-state index is 12.4. The van der Waals surface area contributed by atoms with E-state index in [4.69, 9.17) is 0 Å². The third kappa shape index (κ3) is 2.50. The first-order chi connectivity index (χ1) is 9.65. The Kier molecular flexibility index (Phi) is 3.61. The Morgan fingerprint density at radius 1 is 1.30 bits per heavy atom. The molecule has 3 rings (SSSR count). The lowest BCUT2D eigenvalue weighted by atomic mass is 10.2. The molecular formula is C15H21N3O2. The monoisotopic (exact) mass is 275 g/mol. The van der Waals surface area contributed by atoms with Gasteiger partial charge in [0.05, 0.1) is 0 Å². The molecule has 1 amide bonds. The van der Waals surface area contributed by atoms with Gasteiger partial charge in [0.15, 0.2) is 5.43 Å². The Balaban J connectivity index is 1.70. The van der Waals surface area contributed by atoms with E-state index in [0.29, 0.717) is 6.04 Å². The number of nitrogens with one attached hydrogen (secondary N) is 1. The van der Waals surface area contributed by atoms with Gasteiger partial charge in [-0.2, -0.15) is 0 Å². The average molecular weight is 275 g/mol. The van der Waals surface area contributed by atoms with Gasteiger partial charge < -0.3 is 9.88 Å². The van der Waals surface area contributed by atoms with E-state index in [9.17, 15) is 9.59 Å². The molecule has 1 aromatic rings. The van der Waals surface area contributed by atoms with Gasteiger partial charge in [-0.25, -0.2) is 0 Å². The molecule has 0 radical (unpaired) electrons. The number of carbonyl (C=O) groups excluding carboxylic acids is 1. The molecule has 0 saturated carbocycles. The number of rotatable bonds is 2. The molecular weight excluding hydrogens is 254 g/mol. The number of aromatic amines is 1. The summed E-state index contributed by atoms with van der Waals surface area (Å²) in [4.78, 5) is 31.6. The molecule has 1 unspecified atom stereocenters. The largest absolute Gasteiger partial charge is 0.364 e. The zero-order valence-corrected chi connectivity index (χ0v) is 11.9. The van der Waals surface area contributed by atoms with Crippen molar-refractivity contribution < 1.29 is 4.79 Å². The lowest BCUT2D eigenvalue weighted by molar-refractivity contribution is 0.0778. The maximum atomic E-state index is 12.4. The quantitative estimate of drug-likeness (QED) is 0.876. The molecule has 108 valence electrons. The van der Waals surface area contributed by atoms with E-state index in [1.54, 1.807) is 6.20 Å². The topological polar surface area (TPSA) is 56.4 Å². The number of nitrogens with zero attached hydrogens (tertiary/aromatic N) is 2. The van der Waals surface area contributed by atoms with E-state index in [2.05, 4.69) is 9.88 Å². The molecule has 20 heavy (non-hydrogen) atoms. The number of hydrogen-bond acceptors (Lipinski definition) is 3. The van der Waals surface area contributed by atoms with E-state index in [-0.39, 0.29) is 16.9 Å². The number of pyridine rings is 1. The predicted molar refractivity (Wildman–Crippen MR) is 76.9 cm³/mol. The molecule has 0 aromatic carbocycles. The number of amides is 1. The minimum Gasteiger partial charge on any atom is -0.364 e. The van der Waals surface area contributed by atoms with Gasteiger partial charge in [-0.3, -0.25) is 14.5 Å². The van der Waals surface area contributed by atoms with Crippen LogP contribution in [-0.4, -0.2) is 52.9 Å². The van der Waals surface area contributed by atoms with E-state index < -0.39 is 0 Å². The van der Waals surface area contributed by atoms with Gasteiger partial charge in [-0.15, -0.1) is 0 Å². The highest BCUT2D eigenvalue weighted by Gasteiger charge is 2.32. The van der Waals surface area contributed by atoms with Crippen molar-refractivity contribution in [3.05, 3.63) is 33.7 Å². The van der Waals surface area contributed by atoms with Crippen LogP contribution in [0.15, 0.2) is 17.1 Å². The normalized spacial score (nSPS) is 23.4. The highest BCUT2D eigenvalue weighted by Crippen LogP contribution is 2.21. The molecule has 2 saturated heterocycles. The maximum Gasteiger partial charge on any atom is 0.259 e. The molecule has 0 bridgehead atoms. The van der Waals surface area contributed by atoms with Crippen molar-refractivity contribution in [3.63, 3.8) is 0 Å². The Labute approximate surface area is 118 Å². The second kappa shape index (κ2) is 5.40. The molecule has 1 atom stereocenters. The summed E-state index contributed by atoms with van der Waals surface area (Å²) in [5.74, 6) is -0.132. The van der Waals surface area contributed by atoms with Crippen LogP contribution in [0.25, 0.3) is 0 Å². The minimum atomic E-state index is -0.184. The SMILES string of the molecule is Cc1cc(=O)c(C(=O)N2CCC(N3CCCC3)C2)c[nH]1. The van der Waals surface area contributed by atoms with Crippen LogP contribution in [0.2, 0.25) is 0 Å². The van der Waals surface area contributed by atoms with Crippen molar-refractivity contribution in [1.29, 1.82) is 0 Å². The van der Waals surface area contributed by atoms with Crippen LogP contribution < -0.4 is 5.43 Å². The summed E-state index contributed by atoms with van der Waals surface area (Å²) in [6, 6.07) is 1.97. The fourth-order valence-corrected chi connectivity index (χ4v) is 3.24. The average Bonchev–Trinajstić information content (AvgIpc) is 3.09. The number of aryl methyl sites for hydroxylation is 1. The summed E-state index contributed by atoms with van der Waals surface area (Å²) in [7, 11) is 0. The smallest absolute Gasteiger partial charge is 0.259 e. The summed E-state index contributed by atoms with van der Waals surface area (Å²) in [5.41, 5.74) is 0.858. The van der Waals surface area contributed by atoms with Gasteiger partial charge in [0.2, 0.25) is 0 Å². The van der Waals surface area contributed by atoms with Gasteiger partial charge in [0, 0.05) is 37.1 Å². The van der Waals surface area contributed by atoms with Crippen molar-refractivity contribution in [3.8, 4) is 0 Å². The van der Waals surface area contributed by atoms with Gasteiger partial charge in [-0.05, 0) is 39.3 Å². The van der Waals surface area contributed by atoms with Crippen molar-refractivity contribution >= 4 is 5.91 Å². The lowest BCUT2D eigenvalue weighted by Crippen LogP contribution is -2.38. The first kappa shape index (κ1) is 13.4. The molecule has 2 fully saturated rings. The van der Waals surface area contributed by atoms with Gasteiger partial charge in [-0.1, -0.05) is 0 Å².